The largest absolute Gasteiger partial charge is 0.382 e. The lowest BCUT2D eigenvalue weighted by atomic mass is 9.76. The van der Waals surface area contributed by atoms with E-state index in [0.29, 0.717) is 29.1 Å². The molecule has 2 saturated heterocycles. The van der Waals surface area contributed by atoms with Crippen molar-refractivity contribution in [2.75, 3.05) is 12.3 Å². The van der Waals surface area contributed by atoms with Crippen LogP contribution >= 0.6 is 0 Å². The summed E-state index contributed by atoms with van der Waals surface area (Å²) < 4.78 is 21.3. The van der Waals surface area contributed by atoms with Gasteiger partial charge in [-0.1, -0.05) is 26.2 Å². The van der Waals surface area contributed by atoms with E-state index >= 15 is 0 Å². The van der Waals surface area contributed by atoms with Crippen molar-refractivity contribution in [3.8, 4) is 0 Å². The van der Waals surface area contributed by atoms with E-state index in [2.05, 4.69) is 40.6 Å². The Bertz CT molecular complexity index is 972. The highest BCUT2D eigenvalue weighted by Crippen LogP contribution is 2.45. The molecule has 4 atom stereocenters. The fourth-order valence-electron chi connectivity index (χ4n) is 5.78. The van der Waals surface area contributed by atoms with Gasteiger partial charge in [-0.05, 0) is 46.5 Å². The topological polar surface area (TPSA) is 101 Å². The molecule has 2 N–H and O–H groups in total. The fraction of sp³-hybridized carbons (Fsp3) is 0.792. The first-order valence-electron chi connectivity index (χ1n) is 12.5. The van der Waals surface area contributed by atoms with Gasteiger partial charge in [0.05, 0.1) is 6.33 Å². The van der Waals surface area contributed by atoms with Crippen LogP contribution < -0.4 is 5.73 Å². The van der Waals surface area contributed by atoms with Crippen molar-refractivity contribution in [2.45, 2.75) is 109 Å². The molecule has 1 aliphatic carbocycles. The predicted molar refractivity (Wildman–Crippen MR) is 125 cm³/mol. The molecule has 0 bridgehead atoms. The molecule has 33 heavy (non-hydrogen) atoms. The molecule has 0 unspecified atom stereocenters. The summed E-state index contributed by atoms with van der Waals surface area (Å²) in [4.78, 5) is 15.5. The van der Waals surface area contributed by atoms with Crippen LogP contribution in [0, 0.1) is 5.92 Å². The third kappa shape index (κ3) is 4.24. The normalized spacial score (nSPS) is 33.2. The van der Waals surface area contributed by atoms with Gasteiger partial charge in [0.2, 0.25) is 0 Å². The number of aromatic nitrogens is 4. The summed E-state index contributed by atoms with van der Waals surface area (Å²) in [5.41, 5.74) is 7.24. The number of nitrogens with two attached hydrogens (primary N) is 1. The maximum Gasteiger partial charge on any atom is 0.167 e. The zero-order valence-electron chi connectivity index (χ0n) is 20.5. The summed E-state index contributed by atoms with van der Waals surface area (Å²) in [6, 6.07) is 1.06. The number of hydrogen-bond donors (Lipinski definition) is 1. The van der Waals surface area contributed by atoms with Gasteiger partial charge in [-0.2, -0.15) is 0 Å². The van der Waals surface area contributed by atoms with Gasteiger partial charge >= 0.3 is 0 Å². The average molecular weight is 459 g/mol. The van der Waals surface area contributed by atoms with Gasteiger partial charge in [0.15, 0.2) is 23.5 Å². The number of unbranched alkanes of at least 4 members (excludes halogenated alkanes) is 1. The van der Waals surface area contributed by atoms with Gasteiger partial charge in [-0.15, -0.1) is 0 Å². The summed E-state index contributed by atoms with van der Waals surface area (Å²) in [6.45, 7) is 11.6. The molecule has 9 heteroatoms. The SMILES string of the molecule is CCCCC1CC(N(C[C@H]2O[C@@H](n3cnc4c(N)ncnc43)[C@@H]3OC(C)(C)O[C@@H]32)C(C)C)C1. The number of hydrogen-bond acceptors (Lipinski definition) is 8. The van der Waals surface area contributed by atoms with Crippen molar-refractivity contribution in [1.82, 2.24) is 24.4 Å². The zero-order valence-corrected chi connectivity index (χ0v) is 20.5. The smallest absolute Gasteiger partial charge is 0.167 e. The summed E-state index contributed by atoms with van der Waals surface area (Å²) in [7, 11) is 0. The Balaban J connectivity index is 1.36. The third-order valence-electron chi connectivity index (χ3n) is 7.49. The van der Waals surface area contributed by atoms with Crippen LogP contribution in [0.3, 0.4) is 0 Å². The van der Waals surface area contributed by atoms with Gasteiger partial charge in [0, 0.05) is 18.6 Å². The van der Waals surface area contributed by atoms with Crippen LogP contribution in [0.5, 0.6) is 0 Å². The van der Waals surface area contributed by atoms with Crippen molar-refractivity contribution in [1.29, 1.82) is 0 Å². The molecule has 0 aromatic carbocycles. The minimum Gasteiger partial charge on any atom is -0.382 e. The maximum atomic E-state index is 6.64. The van der Waals surface area contributed by atoms with Crippen molar-refractivity contribution in [2.24, 2.45) is 5.92 Å². The van der Waals surface area contributed by atoms with E-state index in [1.165, 1.54) is 38.4 Å². The van der Waals surface area contributed by atoms with Crippen LogP contribution in [-0.4, -0.2) is 67.1 Å². The standard InChI is InChI=1S/C24H38N6O3/c1-6-7-8-15-9-16(10-15)29(14(2)3)11-17-19-20(33-24(4,5)32-19)23(31-17)30-13-28-18-21(25)26-12-27-22(18)30/h12-17,19-20,23H,6-11H2,1-5H3,(H2,25,26,27)/t15?,16?,17-,19-,20-,23-/m1/s1. The summed E-state index contributed by atoms with van der Waals surface area (Å²) in [6.07, 6.45) is 8.84. The summed E-state index contributed by atoms with van der Waals surface area (Å²) in [5, 5.41) is 0. The molecule has 4 heterocycles. The van der Waals surface area contributed by atoms with E-state index in [9.17, 15) is 0 Å². The number of imidazole rings is 1. The number of anilines is 1. The van der Waals surface area contributed by atoms with Crippen LogP contribution in [0.4, 0.5) is 5.82 Å². The molecule has 182 valence electrons. The summed E-state index contributed by atoms with van der Waals surface area (Å²) in [5.74, 6) is 0.570. The molecular formula is C24H38N6O3. The van der Waals surface area contributed by atoms with Crippen LogP contribution in [0.25, 0.3) is 11.2 Å². The first kappa shape index (κ1) is 23.0. The molecule has 3 fully saturated rings. The van der Waals surface area contributed by atoms with Gasteiger partial charge in [-0.25, -0.2) is 15.0 Å². The molecule has 5 rings (SSSR count). The molecule has 3 aliphatic rings. The third-order valence-corrected chi connectivity index (χ3v) is 7.49. The lowest BCUT2D eigenvalue weighted by Crippen LogP contribution is -2.52. The molecule has 0 spiro atoms. The minimum absolute atomic E-state index is 0.101. The van der Waals surface area contributed by atoms with E-state index in [1.54, 1.807) is 6.33 Å². The molecule has 1 saturated carbocycles. The van der Waals surface area contributed by atoms with Crippen molar-refractivity contribution < 1.29 is 14.2 Å². The quantitative estimate of drug-likeness (QED) is 0.641. The second-order valence-electron chi connectivity index (χ2n) is 10.6. The molecule has 2 aliphatic heterocycles. The molecule has 0 radical (unpaired) electrons. The van der Waals surface area contributed by atoms with E-state index in [1.807, 2.05) is 18.4 Å². The predicted octanol–water partition coefficient (Wildman–Crippen LogP) is 3.51. The van der Waals surface area contributed by atoms with Crippen molar-refractivity contribution in [3.05, 3.63) is 12.7 Å². The first-order chi connectivity index (χ1) is 15.8. The monoisotopic (exact) mass is 458 g/mol. The van der Waals surface area contributed by atoms with Crippen LogP contribution in [0.1, 0.15) is 73.0 Å². The highest BCUT2D eigenvalue weighted by Gasteiger charge is 2.56. The van der Waals surface area contributed by atoms with Crippen molar-refractivity contribution >= 4 is 17.0 Å². The Morgan fingerprint density at radius 1 is 1.18 bits per heavy atom. The molecule has 9 nitrogen and oxygen atoms in total. The molecule has 2 aromatic rings. The fourth-order valence-corrected chi connectivity index (χ4v) is 5.78. The van der Waals surface area contributed by atoms with Crippen molar-refractivity contribution in [3.63, 3.8) is 0 Å². The van der Waals surface area contributed by atoms with Crippen LogP contribution in [0.2, 0.25) is 0 Å². The van der Waals surface area contributed by atoms with E-state index < -0.39 is 5.79 Å². The lowest BCUT2D eigenvalue weighted by molar-refractivity contribution is -0.199. The second kappa shape index (κ2) is 8.76. The number of nitrogen functional groups attached to an aromatic ring is 1. The Morgan fingerprint density at radius 2 is 1.94 bits per heavy atom. The van der Waals surface area contributed by atoms with E-state index in [-0.39, 0.29) is 24.5 Å². The Kier molecular flexibility index (Phi) is 6.09. The lowest BCUT2D eigenvalue weighted by Gasteiger charge is -2.46. The zero-order chi connectivity index (χ0) is 23.3. The maximum absolute atomic E-state index is 6.64. The highest BCUT2D eigenvalue weighted by molar-refractivity contribution is 5.81. The number of ether oxygens (including phenoxy) is 3. The van der Waals surface area contributed by atoms with Gasteiger partial charge in [0.25, 0.3) is 0 Å². The Morgan fingerprint density at radius 3 is 2.67 bits per heavy atom. The number of nitrogens with zero attached hydrogens (tertiary/aromatic N) is 5. The number of rotatable bonds is 8. The highest BCUT2D eigenvalue weighted by atomic mass is 16.8. The van der Waals surface area contributed by atoms with E-state index in [4.69, 9.17) is 19.9 Å². The van der Waals surface area contributed by atoms with E-state index in [0.717, 1.165) is 12.5 Å². The van der Waals surface area contributed by atoms with Crippen LogP contribution in [-0.2, 0) is 14.2 Å². The summed E-state index contributed by atoms with van der Waals surface area (Å²) >= 11 is 0. The molecular weight excluding hydrogens is 420 g/mol. The van der Waals surface area contributed by atoms with Crippen LogP contribution in [0.15, 0.2) is 12.7 Å². The molecule has 2 aromatic heterocycles. The Hall–Kier alpha value is -1.81. The minimum atomic E-state index is -0.662. The second-order valence-corrected chi connectivity index (χ2v) is 10.6. The van der Waals surface area contributed by atoms with Gasteiger partial charge in [-0.3, -0.25) is 9.47 Å². The number of fused-ring (bicyclic) bond motifs is 2. The molecule has 0 amide bonds. The average Bonchev–Trinajstić information content (AvgIpc) is 3.37. The van der Waals surface area contributed by atoms with Gasteiger partial charge < -0.3 is 19.9 Å². The first-order valence-corrected chi connectivity index (χ1v) is 12.5. The van der Waals surface area contributed by atoms with Gasteiger partial charge in [0.1, 0.15) is 30.2 Å². The Labute approximate surface area is 196 Å².